The van der Waals surface area contributed by atoms with Crippen molar-refractivity contribution >= 4 is 5.71 Å². The average molecular weight is 151 g/mol. The van der Waals surface area contributed by atoms with Crippen molar-refractivity contribution in [3.63, 3.8) is 0 Å². The lowest BCUT2D eigenvalue weighted by atomic mass is 10.2. The average Bonchev–Trinajstić information content (AvgIpc) is 2.05. The van der Waals surface area contributed by atoms with Crippen LogP contribution in [0.15, 0.2) is 24.5 Å². The van der Waals surface area contributed by atoms with E-state index in [-0.39, 0.29) is 0 Å². The van der Waals surface area contributed by atoms with E-state index in [2.05, 4.69) is 4.98 Å². The molecule has 0 atom stereocenters. The molecule has 0 bridgehead atoms. The third-order valence-electron chi connectivity index (χ3n) is 1.43. The molecule has 1 rings (SSSR count). The Kier molecular flexibility index (Phi) is 2.06. The van der Waals surface area contributed by atoms with Crippen LogP contribution in [0.5, 0.6) is 0 Å². The fourth-order valence-electron chi connectivity index (χ4n) is 0.720. The first-order valence-electron chi connectivity index (χ1n) is 3.17. The van der Waals surface area contributed by atoms with Crippen molar-refractivity contribution < 1.29 is 4.85 Å². The van der Waals surface area contributed by atoms with Crippen LogP contribution in [0.4, 0.5) is 0 Å². The summed E-state index contributed by atoms with van der Waals surface area (Å²) in [6, 6.07) is 3.46. The van der Waals surface area contributed by atoms with Gasteiger partial charge in [-0.05, 0) is 12.1 Å². The first kappa shape index (κ1) is 7.53. The summed E-state index contributed by atoms with van der Waals surface area (Å²) in [7, 11) is 0. The molecular formula is C7H9N3O. The predicted octanol–water partition coefficient (Wildman–Crippen LogP) is 0.275. The van der Waals surface area contributed by atoms with Crippen molar-refractivity contribution in [2.45, 2.75) is 6.92 Å². The second kappa shape index (κ2) is 3.01. The highest BCUT2D eigenvalue weighted by atomic mass is 16.5. The quantitative estimate of drug-likeness (QED) is 0.206. The van der Waals surface area contributed by atoms with E-state index < -0.39 is 0 Å². The largest absolute Gasteiger partial charge is 0.596 e. The lowest BCUT2D eigenvalue weighted by Crippen LogP contribution is -2.20. The van der Waals surface area contributed by atoms with E-state index in [1.807, 2.05) is 0 Å². The van der Waals surface area contributed by atoms with E-state index in [0.29, 0.717) is 10.6 Å². The Morgan fingerprint density at radius 3 is 2.55 bits per heavy atom. The van der Waals surface area contributed by atoms with Crippen LogP contribution in [-0.4, -0.2) is 15.5 Å². The lowest BCUT2D eigenvalue weighted by molar-refractivity contribution is -0.469. The first-order chi connectivity index (χ1) is 5.22. The summed E-state index contributed by atoms with van der Waals surface area (Å²) in [4.78, 5) is 4.15. The zero-order chi connectivity index (χ0) is 8.27. The number of nitrogens with zero attached hydrogens (tertiary/aromatic N) is 2. The Balaban J connectivity index is 3.04. The molecule has 4 nitrogen and oxygen atoms in total. The standard InChI is InChI=1S/C7H9N3O/c1-6(10(8)11)7-2-4-9-5-3-7/h2-5H,8H2,1H3/b10-6-. The summed E-state index contributed by atoms with van der Waals surface area (Å²) >= 11 is 0. The number of pyridine rings is 1. The Morgan fingerprint density at radius 2 is 2.09 bits per heavy atom. The van der Waals surface area contributed by atoms with Gasteiger partial charge in [-0.2, -0.15) is 5.84 Å². The third-order valence-corrected chi connectivity index (χ3v) is 1.43. The molecular weight excluding hydrogens is 142 g/mol. The van der Waals surface area contributed by atoms with E-state index in [1.165, 1.54) is 0 Å². The van der Waals surface area contributed by atoms with Crippen molar-refractivity contribution in [3.8, 4) is 0 Å². The van der Waals surface area contributed by atoms with Crippen molar-refractivity contribution in [2.24, 2.45) is 5.84 Å². The van der Waals surface area contributed by atoms with Gasteiger partial charge in [-0.3, -0.25) is 4.98 Å². The minimum Gasteiger partial charge on any atom is -0.596 e. The number of rotatable bonds is 1. The summed E-state index contributed by atoms with van der Waals surface area (Å²) in [6.07, 6.45) is 3.23. The van der Waals surface area contributed by atoms with Gasteiger partial charge in [0.05, 0.1) is 0 Å². The highest BCUT2D eigenvalue weighted by molar-refractivity contribution is 5.94. The number of nitrogens with two attached hydrogens (primary N) is 1. The van der Waals surface area contributed by atoms with Gasteiger partial charge in [0.2, 0.25) is 5.71 Å². The summed E-state index contributed by atoms with van der Waals surface area (Å²) in [5, 5.41) is 10.6. The Morgan fingerprint density at radius 1 is 1.55 bits per heavy atom. The lowest BCUT2D eigenvalue weighted by Gasteiger charge is -1.99. The van der Waals surface area contributed by atoms with Crippen LogP contribution in [0, 0.1) is 5.21 Å². The summed E-state index contributed by atoms with van der Waals surface area (Å²) < 4.78 is 0. The zero-order valence-corrected chi connectivity index (χ0v) is 6.19. The number of hydrazine groups is 1. The third kappa shape index (κ3) is 1.67. The van der Waals surface area contributed by atoms with Crippen LogP contribution in [-0.2, 0) is 0 Å². The fourth-order valence-corrected chi connectivity index (χ4v) is 0.720. The molecule has 0 fully saturated rings. The normalized spacial score (nSPS) is 12.5. The molecule has 0 spiro atoms. The molecule has 11 heavy (non-hydrogen) atoms. The topological polar surface area (TPSA) is 65.0 Å². The molecule has 0 unspecified atom stereocenters. The molecule has 2 N–H and O–H groups in total. The van der Waals surface area contributed by atoms with Crippen LogP contribution in [0.3, 0.4) is 0 Å². The molecule has 0 amide bonds. The summed E-state index contributed by atoms with van der Waals surface area (Å²) in [5.74, 6) is 4.99. The molecule has 0 saturated heterocycles. The molecule has 1 heterocycles. The van der Waals surface area contributed by atoms with Crippen LogP contribution >= 0.6 is 0 Å². The summed E-state index contributed by atoms with van der Waals surface area (Å²) in [5.41, 5.74) is 1.27. The molecule has 0 aliphatic rings. The Hall–Kier alpha value is -1.58. The predicted molar refractivity (Wildman–Crippen MR) is 41.8 cm³/mol. The van der Waals surface area contributed by atoms with E-state index in [9.17, 15) is 5.21 Å². The second-order valence-electron chi connectivity index (χ2n) is 2.15. The summed E-state index contributed by atoms with van der Waals surface area (Å²) in [6.45, 7) is 1.66. The van der Waals surface area contributed by atoms with Gasteiger partial charge < -0.3 is 5.21 Å². The van der Waals surface area contributed by atoms with Gasteiger partial charge in [-0.15, -0.1) is 0 Å². The molecule has 0 radical (unpaired) electrons. The molecule has 0 aliphatic carbocycles. The maximum Gasteiger partial charge on any atom is 0.222 e. The van der Waals surface area contributed by atoms with Gasteiger partial charge in [-0.1, -0.05) is 4.85 Å². The number of aromatic nitrogens is 1. The minimum absolute atomic E-state index is 0.343. The van der Waals surface area contributed by atoms with Crippen molar-refractivity contribution in [1.29, 1.82) is 0 Å². The van der Waals surface area contributed by atoms with E-state index in [1.54, 1.807) is 31.5 Å². The van der Waals surface area contributed by atoms with E-state index in [0.717, 1.165) is 5.56 Å². The number of hydrazone groups is 1. The number of hydrogen-bond acceptors (Lipinski definition) is 3. The monoisotopic (exact) mass is 151 g/mol. The van der Waals surface area contributed by atoms with Crippen molar-refractivity contribution in [2.75, 3.05) is 0 Å². The molecule has 1 aromatic heterocycles. The second-order valence-corrected chi connectivity index (χ2v) is 2.15. The smallest absolute Gasteiger partial charge is 0.222 e. The van der Waals surface area contributed by atoms with E-state index in [4.69, 9.17) is 5.84 Å². The van der Waals surface area contributed by atoms with Crippen LogP contribution in [0.1, 0.15) is 12.5 Å². The van der Waals surface area contributed by atoms with E-state index >= 15 is 0 Å². The highest BCUT2D eigenvalue weighted by Crippen LogP contribution is 1.96. The molecule has 0 aromatic carbocycles. The van der Waals surface area contributed by atoms with Gasteiger partial charge in [0.25, 0.3) is 0 Å². The van der Waals surface area contributed by atoms with Crippen LogP contribution < -0.4 is 5.84 Å². The SMILES string of the molecule is C/C(c1ccncc1)=[N+](\N)[O-]. The first-order valence-corrected chi connectivity index (χ1v) is 3.17. The number of hydrogen-bond donors (Lipinski definition) is 1. The molecule has 58 valence electrons. The Bertz CT molecular complexity index is 264. The zero-order valence-electron chi connectivity index (χ0n) is 6.19. The van der Waals surface area contributed by atoms with Gasteiger partial charge in [0, 0.05) is 24.9 Å². The van der Waals surface area contributed by atoms with Crippen molar-refractivity contribution in [3.05, 3.63) is 35.3 Å². The van der Waals surface area contributed by atoms with Gasteiger partial charge in [0.1, 0.15) is 0 Å². The van der Waals surface area contributed by atoms with Gasteiger partial charge in [0.15, 0.2) is 0 Å². The van der Waals surface area contributed by atoms with Gasteiger partial charge >= 0.3 is 0 Å². The van der Waals surface area contributed by atoms with Gasteiger partial charge in [-0.25, -0.2) is 0 Å². The minimum atomic E-state index is 0.343. The molecule has 1 aromatic rings. The Labute approximate surface area is 64.5 Å². The fraction of sp³-hybridized carbons (Fsp3) is 0.143. The highest BCUT2D eigenvalue weighted by Gasteiger charge is 2.02. The van der Waals surface area contributed by atoms with Crippen LogP contribution in [0.2, 0.25) is 0 Å². The molecule has 4 heteroatoms. The van der Waals surface area contributed by atoms with Crippen LogP contribution in [0.25, 0.3) is 0 Å². The molecule has 0 aliphatic heterocycles. The maximum atomic E-state index is 10.6. The maximum absolute atomic E-state index is 10.6. The molecule has 0 saturated carbocycles. The van der Waals surface area contributed by atoms with Crippen molar-refractivity contribution in [1.82, 2.24) is 4.98 Å².